The van der Waals surface area contributed by atoms with Crippen LogP contribution in [0.2, 0.25) is 0 Å². The van der Waals surface area contributed by atoms with E-state index in [0.29, 0.717) is 5.92 Å². The molecule has 0 aliphatic carbocycles. The van der Waals surface area contributed by atoms with Crippen LogP contribution < -0.4 is 4.74 Å². The number of methoxy groups -OCH3 is 1. The van der Waals surface area contributed by atoms with Crippen molar-refractivity contribution in [3.05, 3.63) is 22.4 Å². The van der Waals surface area contributed by atoms with E-state index < -0.39 is 0 Å². The van der Waals surface area contributed by atoms with Gasteiger partial charge in [-0.3, -0.25) is 0 Å². The summed E-state index contributed by atoms with van der Waals surface area (Å²) in [6.07, 6.45) is 0. The van der Waals surface area contributed by atoms with Crippen LogP contribution in [0.1, 0.15) is 25.5 Å². The molecule has 0 amide bonds. The van der Waals surface area contributed by atoms with Crippen LogP contribution >= 0.6 is 15.9 Å². The molecular weight excluding hydrogens is 218 g/mol. The van der Waals surface area contributed by atoms with E-state index in [-0.39, 0.29) is 0 Å². The summed E-state index contributed by atoms with van der Waals surface area (Å²) in [4.78, 5) is 4.34. The van der Waals surface area contributed by atoms with E-state index >= 15 is 0 Å². The molecular formula is C9H12BrNO. The maximum absolute atomic E-state index is 5.07. The van der Waals surface area contributed by atoms with Crippen LogP contribution in [0.15, 0.2) is 16.7 Å². The Balaban J connectivity index is 3.02. The summed E-state index contributed by atoms with van der Waals surface area (Å²) >= 11 is 3.34. The molecule has 0 aromatic carbocycles. The molecule has 0 unspecified atom stereocenters. The maximum atomic E-state index is 5.07. The maximum Gasteiger partial charge on any atom is 0.151 e. The highest BCUT2D eigenvalue weighted by atomic mass is 79.9. The first-order chi connectivity index (χ1) is 5.65. The highest BCUT2D eigenvalue weighted by Crippen LogP contribution is 2.24. The fourth-order valence-electron chi connectivity index (χ4n) is 0.909. The fourth-order valence-corrected chi connectivity index (χ4v) is 1.41. The van der Waals surface area contributed by atoms with Crippen LogP contribution in [-0.2, 0) is 0 Å². The molecule has 0 fully saturated rings. The van der Waals surface area contributed by atoms with Crippen molar-refractivity contribution in [2.24, 2.45) is 0 Å². The Morgan fingerprint density at radius 3 is 2.50 bits per heavy atom. The third-order valence-corrected chi connectivity index (χ3v) is 2.22. The first kappa shape index (κ1) is 9.52. The van der Waals surface area contributed by atoms with Crippen molar-refractivity contribution in [3.63, 3.8) is 0 Å². The van der Waals surface area contributed by atoms with E-state index in [1.807, 2.05) is 12.1 Å². The predicted molar refractivity (Wildman–Crippen MR) is 52.6 cm³/mol. The van der Waals surface area contributed by atoms with Crippen LogP contribution in [0.25, 0.3) is 0 Å². The standard InChI is InChI=1S/C9H12BrNO/c1-6(2)7-4-5-8(12-3)9(10)11-7/h4-6H,1-3H3. The molecule has 0 aliphatic heterocycles. The van der Waals surface area contributed by atoms with Gasteiger partial charge in [0.1, 0.15) is 4.60 Å². The molecule has 1 rings (SSSR count). The summed E-state index contributed by atoms with van der Waals surface area (Å²) < 4.78 is 5.84. The lowest BCUT2D eigenvalue weighted by atomic mass is 10.1. The molecule has 0 atom stereocenters. The number of hydrogen-bond donors (Lipinski definition) is 0. The molecule has 0 saturated carbocycles. The van der Waals surface area contributed by atoms with E-state index in [1.54, 1.807) is 7.11 Å². The molecule has 1 aromatic rings. The molecule has 1 aromatic heterocycles. The summed E-state index contributed by atoms with van der Waals surface area (Å²) in [5.41, 5.74) is 1.07. The highest BCUT2D eigenvalue weighted by Gasteiger charge is 2.05. The smallest absolute Gasteiger partial charge is 0.151 e. The molecule has 12 heavy (non-hydrogen) atoms. The molecule has 1 heterocycles. The van der Waals surface area contributed by atoms with Gasteiger partial charge in [-0.2, -0.15) is 0 Å². The summed E-state index contributed by atoms with van der Waals surface area (Å²) in [5, 5.41) is 0. The normalized spacial score (nSPS) is 10.4. The van der Waals surface area contributed by atoms with Gasteiger partial charge in [-0.25, -0.2) is 4.98 Å². The lowest BCUT2D eigenvalue weighted by Gasteiger charge is -2.07. The lowest BCUT2D eigenvalue weighted by molar-refractivity contribution is 0.409. The van der Waals surface area contributed by atoms with Gasteiger partial charge in [0, 0.05) is 5.69 Å². The number of hydrogen-bond acceptors (Lipinski definition) is 2. The van der Waals surface area contributed by atoms with Crippen molar-refractivity contribution < 1.29 is 4.74 Å². The Morgan fingerprint density at radius 2 is 2.08 bits per heavy atom. The molecule has 0 aliphatic rings. The van der Waals surface area contributed by atoms with E-state index in [0.717, 1.165) is 16.0 Å². The Labute approximate surface area is 81.1 Å². The first-order valence-electron chi connectivity index (χ1n) is 3.85. The van der Waals surface area contributed by atoms with Crippen molar-refractivity contribution in [1.82, 2.24) is 4.98 Å². The van der Waals surface area contributed by atoms with Crippen molar-refractivity contribution in [2.75, 3.05) is 7.11 Å². The minimum Gasteiger partial charge on any atom is -0.494 e. The Morgan fingerprint density at radius 1 is 1.42 bits per heavy atom. The third-order valence-electron chi connectivity index (χ3n) is 1.65. The summed E-state index contributed by atoms with van der Waals surface area (Å²) in [6, 6.07) is 3.90. The quantitative estimate of drug-likeness (QED) is 0.728. The lowest BCUT2D eigenvalue weighted by Crippen LogP contribution is -1.94. The molecule has 66 valence electrons. The summed E-state index contributed by atoms with van der Waals surface area (Å²) in [7, 11) is 1.64. The molecule has 0 N–H and O–H groups in total. The van der Waals surface area contributed by atoms with Gasteiger partial charge in [0.2, 0.25) is 0 Å². The average Bonchev–Trinajstić information content (AvgIpc) is 2.04. The Hall–Kier alpha value is -0.570. The van der Waals surface area contributed by atoms with Crippen molar-refractivity contribution in [1.29, 1.82) is 0 Å². The number of aromatic nitrogens is 1. The van der Waals surface area contributed by atoms with Gasteiger partial charge in [0.05, 0.1) is 7.11 Å². The highest BCUT2D eigenvalue weighted by molar-refractivity contribution is 9.10. The second-order valence-corrected chi connectivity index (χ2v) is 3.64. The van der Waals surface area contributed by atoms with Crippen molar-refractivity contribution in [2.45, 2.75) is 19.8 Å². The average molecular weight is 230 g/mol. The summed E-state index contributed by atoms with van der Waals surface area (Å²) in [5.74, 6) is 1.23. The topological polar surface area (TPSA) is 22.1 Å². The van der Waals surface area contributed by atoms with E-state index in [1.165, 1.54) is 0 Å². The summed E-state index contributed by atoms with van der Waals surface area (Å²) in [6.45, 7) is 4.22. The van der Waals surface area contributed by atoms with Crippen LogP contribution in [0.4, 0.5) is 0 Å². The number of rotatable bonds is 2. The second kappa shape index (κ2) is 3.90. The van der Waals surface area contributed by atoms with Gasteiger partial charge in [0.15, 0.2) is 5.75 Å². The van der Waals surface area contributed by atoms with Gasteiger partial charge < -0.3 is 4.74 Å². The number of nitrogens with zero attached hydrogens (tertiary/aromatic N) is 1. The molecule has 3 heteroatoms. The first-order valence-corrected chi connectivity index (χ1v) is 4.65. The van der Waals surface area contributed by atoms with Crippen LogP contribution in [0.5, 0.6) is 5.75 Å². The molecule has 0 spiro atoms. The molecule has 2 nitrogen and oxygen atoms in total. The van der Waals surface area contributed by atoms with Crippen molar-refractivity contribution >= 4 is 15.9 Å². The van der Waals surface area contributed by atoms with Gasteiger partial charge in [0.25, 0.3) is 0 Å². The van der Waals surface area contributed by atoms with E-state index in [9.17, 15) is 0 Å². The SMILES string of the molecule is COc1ccc(C(C)C)nc1Br. The zero-order valence-corrected chi connectivity index (χ0v) is 9.05. The second-order valence-electron chi connectivity index (χ2n) is 2.88. The monoisotopic (exact) mass is 229 g/mol. The number of halogens is 1. The zero-order valence-electron chi connectivity index (χ0n) is 7.47. The number of pyridine rings is 1. The largest absolute Gasteiger partial charge is 0.494 e. The minimum atomic E-state index is 0.451. The minimum absolute atomic E-state index is 0.451. The van der Waals surface area contributed by atoms with Gasteiger partial charge in [-0.05, 0) is 34.0 Å². The van der Waals surface area contributed by atoms with Gasteiger partial charge in [-0.15, -0.1) is 0 Å². The molecule has 0 radical (unpaired) electrons. The van der Waals surface area contributed by atoms with Crippen LogP contribution in [-0.4, -0.2) is 12.1 Å². The molecule has 0 bridgehead atoms. The van der Waals surface area contributed by atoms with Gasteiger partial charge in [-0.1, -0.05) is 13.8 Å². The van der Waals surface area contributed by atoms with E-state index in [2.05, 4.69) is 34.8 Å². The zero-order chi connectivity index (χ0) is 9.14. The third kappa shape index (κ3) is 1.97. The van der Waals surface area contributed by atoms with Gasteiger partial charge >= 0.3 is 0 Å². The van der Waals surface area contributed by atoms with E-state index in [4.69, 9.17) is 4.74 Å². The molecule has 0 saturated heterocycles. The van der Waals surface area contributed by atoms with Crippen molar-refractivity contribution in [3.8, 4) is 5.75 Å². The van der Waals surface area contributed by atoms with Crippen LogP contribution in [0, 0.1) is 0 Å². The predicted octanol–water partition coefficient (Wildman–Crippen LogP) is 2.98. The van der Waals surface area contributed by atoms with Crippen LogP contribution in [0.3, 0.4) is 0 Å². The Kier molecular flexibility index (Phi) is 3.09. The Bertz CT molecular complexity index is 273. The fraction of sp³-hybridized carbons (Fsp3) is 0.444. The number of ether oxygens (including phenoxy) is 1.